The fourth-order valence-corrected chi connectivity index (χ4v) is 4.75. The molecule has 7 nitrogen and oxygen atoms in total. The highest BCUT2D eigenvalue weighted by Crippen LogP contribution is 2.28. The molecule has 39 heavy (non-hydrogen) atoms. The summed E-state index contributed by atoms with van der Waals surface area (Å²) >= 11 is 0. The number of urea groups is 1. The van der Waals surface area contributed by atoms with Crippen LogP contribution >= 0.6 is 0 Å². The number of fused-ring (bicyclic) bond motifs is 1. The van der Waals surface area contributed by atoms with E-state index in [-0.39, 0.29) is 5.57 Å². The lowest BCUT2D eigenvalue weighted by atomic mass is 9.98. The molecular weight excluding hydrogens is 490 g/mol. The van der Waals surface area contributed by atoms with Gasteiger partial charge in [0.1, 0.15) is 11.3 Å². The first-order valence-electron chi connectivity index (χ1n) is 13.2. The number of barbiturate groups is 1. The van der Waals surface area contributed by atoms with Crippen LogP contribution in [0.2, 0.25) is 0 Å². The van der Waals surface area contributed by atoms with Gasteiger partial charge in [-0.15, -0.1) is 0 Å². The van der Waals surface area contributed by atoms with Crippen LogP contribution in [0, 0.1) is 0 Å². The van der Waals surface area contributed by atoms with Gasteiger partial charge in [0.25, 0.3) is 11.8 Å². The number of hydrogen-bond donors (Lipinski definition) is 1. The highest BCUT2D eigenvalue weighted by atomic mass is 16.5. The number of benzene rings is 3. The number of para-hydroxylation sites is 2. The Hall–Kier alpha value is -4.65. The molecule has 0 radical (unpaired) electrons. The van der Waals surface area contributed by atoms with E-state index >= 15 is 0 Å². The van der Waals surface area contributed by atoms with Gasteiger partial charge in [0.05, 0.1) is 12.3 Å². The molecule has 0 aliphatic carbocycles. The number of aryl methyl sites for hydroxylation is 1. The number of carbonyl (C=O) groups excluding carboxylic acids is 3. The van der Waals surface area contributed by atoms with Crippen molar-refractivity contribution >= 4 is 40.5 Å². The molecule has 1 aromatic heterocycles. The van der Waals surface area contributed by atoms with Crippen LogP contribution in [0.15, 0.2) is 90.6 Å². The Morgan fingerprint density at radius 3 is 2.38 bits per heavy atom. The summed E-state index contributed by atoms with van der Waals surface area (Å²) in [6, 6.07) is 24.1. The van der Waals surface area contributed by atoms with Crippen molar-refractivity contribution in [1.82, 2.24) is 9.88 Å². The topological polar surface area (TPSA) is 80.6 Å². The standard InChI is InChI=1S/C32H31N3O4/c1-3-22(2)23-14-16-25(17-15-23)35-31(37)28(30(36)33-32(35)38)20-24-21-34(29-13-8-7-12-27(24)29)18-9-19-39-26-10-5-4-6-11-26/h4-8,10-17,20-22H,3,9,18-19H2,1-2H3,(H,33,36,38)/b28-20-. The number of anilines is 1. The maximum atomic E-state index is 13.5. The first kappa shape index (κ1) is 26.0. The zero-order valence-corrected chi connectivity index (χ0v) is 22.1. The quantitative estimate of drug-likeness (QED) is 0.159. The lowest BCUT2D eigenvalue weighted by Crippen LogP contribution is -2.54. The molecule has 0 bridgehead atoms. The summed E-state index contributed by atoms with van der Waals surface area (Å²) in [7, 11) is 0. The Morgan fingerprint density at radius 2 is 1.64 bits per heavy atom. The minimum atomic E-state index is -0.751. The third-order valence-corrected chi connectivity index (χ3v) is 7.11. The van der Waals surface area contributed by atoms with Gasteiger partial charge in [0.15, 0.2) is 0 Å². The Balaban J connectivity index is 1.39. The number of ether oxygens (including phenoxy) is 1. The second kappa shape index (κ2) is 11.4. The Morgan fingerprint density at radius 1 is 0.923 bits per heavy atom. The van der Waals surface area contributed by atoms with Gasteiger partial charge in [-0.1, -0.05) is 62.4 Å². The molecule has 5 rings (SSSR count). The summed E-state index contributed by atoms with van der Waals surface area (Å²) in [5.41, 5.74) is 3.18. The molecule has 3 aromatic carbocycles. The van der Waals surface area contributed by atoms with E-state index in [1.54, 1.807) is 18.2 Å². The minimum Gasteiger partial charge on any atom is -0.494 e. The number of hydrogen-bond acceptors (Lipinski definition) is 4. The first-order valence-corrected chi connectivity index (χ1v) is 13.2. The largest absolute Gasteiger partial charge is 0.494 e. The lowest BCUT2D eigenvalue weighted by Gasteiger charge is -2.26. The van der Waals surface area contributed by atoms with Gasteiger partial charge in [0, 0.05) is 29.2 Å². The van der Waals surface area contributed by atoms with Gasteiger partial charge in [-0.05, 0) is 60.7 Å². The number of amides is 4. The molecule has 198 valence electrons. The van der Waals surface area contributed by atoms with Crippen LogP contribution in [-0.2, 0) is 16.1 Å². The molecule has 7 heteroatoms. The van der Waals surface area contributed by atoms with Crippen molar-refractivity contribution in [3.8, 4) is 5.75 Å². The number of imide groups is 2. The fourth-order valence-electron chi connectivity index (χ4n) is 4.75. The van der Waals surface area contributed by atoms with Crippen molar-refractivity contribution in [3.05, 3.63) is 102 Å². The predicted molar refractivity (Wildman–Crippen MR) is 153 cm³/mol. The van der Waals surface area contributed by atoms with Crippen molar-refractivity contribution in [2.45, 2.75) is 39.2 Å². The summed E-state index contributed by atoms with van der Waals surface area (Å²) in [6.07, 6.45) is 5.27. The third kappa shape index (κ3) is 5.48. The fraction of sp³-hybridized carbons (Fsp3) is 0.219. The smallest absolute Gasteiger partial charge is 0.335 e. The number of carbonyl (C=O) groups is 3. The zero-order valence-electron chi connectivity index (χ0n) is 22.1. The van der Waals surface area contributed by atoms with Gasteiger partial charge in [-0.3, -0.25) is 14.9 Å². The maximum absolute atomic E-state index is 13.5. The van der Waals surface area contributed by atoms with Crippen molar-refractivity contribution in [2.24, 2.45) is 0 Å². The predicted octanol–water partition coefficient (Wildman–Crippen LogP) is 6.29. The molecule has 1 fully saturated rings. The molecule has 1 aliphatic heterocycles. The van der Waals surface area contributed by atoms with Gasteiger partial charge < -0.3 is 9.30 Å². The number of rotatable bonds is 9. The highest BCUT2D eigenvalue weighted by molar-refractivity contribution is 6.39. The molecule has 1 atom stereocenters. The monoisotopic (exact) mass is 521 g/mol. The van der Waals surface area contributed by atoms with Crippen molar-refractivity contribution in [2.75, 3.05) is 11.5 Å². The zero-order chi connectivity index (χ0) is 27.4. The summed E-state index contributed by atoms with van der Waals surface area (Å²) in [4.78, 5) is 40.0. The highest BCUT2D eigenvalue weighted by Gasteiger charge is 2.37. The van der Waals surface area contributed by atoms with E-state index in [2.05, 4.69) is 23.7 Å². The lowest BCUT2D eigenvalue weighted by molar-refractivity contribution is -0.122. The molecule has 1 N–H and O–H groups in total. The van der Waals surface area contributed by atoms with E-state index in [0.29, 0.717) is 24.8 Å². The average molecular weight is 522 g/mol. The van der Waals surface area contributed by atoms with E-state index in [1.165, 1.54) is 0 Å². The van der Waals surface area contributed by atoms with Crippen molar-refractivity contribution in [1.29, 1.82) is 0 Å². The van der Waals surface area contributed by atoms with Crippen LogP contribution in [-0.4, -0.2) is 29.0 Å². The van der Waals surface area contributed by atoms with Crippen molar-refractivity contribution < 1.29 is 19.1 Å². The summed E-state index contributed by atoms with van der Waals surface area (Å²) in [5.74, 6) is -0.154. The van der Waals surface area contributed by atoms with E-state index in [0.717, 1.165) is 45.5 Å². The van der Waals surface area contributed by atoms with E-state index in [4.69, 9.17) is 4.74 Å². The number of nitrogens with zero attached hydrogens (tertiary/aromatic N) is 2. The second-order valence-electron chi connectivity index (χ2n) is 9.67. The second-order valence-corrected chi connectivity index (χ2v) is 9.67. The third-order valence-electron chi connectivity index (χ3n) is 7.11. The number of nitrogens with one attached hydrogen (secondary N) is 1. The molecule has 4 aromatic rings. The van der Waals surface area contributed by atoms with Gasteiger partial charge in [0.2, 0.25) is 0 Å². The number of aromatic nitrogens is 1. The van der Waals surface area contributed by atoms with Gasteiger partial charge in [-0.2, -0.15) is 0 Å². The molecule has 4 amide bonds. The van der Waals surface area contributed by atoms with Crippen LogP contribution in [0.25, 0.3) is 17.0 Å². The summed E-state index contributed by atoms with van der Waals surface area (Å²) in [5, 5.41) is 3.24. The van der Waals surface area contributed by atoms with Gasteiger partial charge in [-0.25, -0.2) is 9.69 Å². The van der Waals surface area contributed by atoms with Crippen LogP contribution in [0.1, 0.15) is 43.7 Å². The summed E-state index contributed by atoms with van der Waals surface area (Å²) in [6.45, 7) is 5.49. The molecule has 0 spiro atoms. The maximum Gasteiger partial charge on any atom is 0.335 e. The summed E-state index contributed by atoms with van der Waals surface area (Å²) < 4.78 is 7.92. The van der Waals surface area contributed by atoms with E-state index in [1.807, 2.05) is 72.9 Å². The van der Waals surface area contributed by atoms with Crippen LogP contribution < -0.4 is 15.0 Å². The Kier molecular flexibility index (Phi) is 7.59. The molecule has 1 aliphatic rings. The average Bonchev–Trinajstić information content (AvgIpc) is 3.31. The van der Waals surface area contributed by atoms with Crippen LogP contribution in [0.5, 0.6) is 5.75 Å². The molecule has 2 heterocycles. The Bertz CT molecular complexity index is 1540. The molecule has 1 unspecified atom stereocenters. The Labute approximate surface area is 227 Å². The first-order chi connectivity index (χ1) is 19.0. The molecule has 1 saturated heterocycles. The van der Waals surface area contributed by atoms with Crippen LogP contribution in [0.3, 0.4) is 0 Å². The molecular formula is C32H31N3O4. The van der Waals surface area contributed by atoms with Crippen LogP contribution in [0.4, 0.5) is 10.5 Å². The minimum absolute atomic E-state index is 0.0871. The SMILES string of the molecule is CCC(C)c1ccc(N2C(=O)NC(=O)/C(=C/c3cn(CCCOc4ccccc4)c4ccccc34)C2=O)cc1. The van der Waals surface area contributed by atoms with E-state index in [9.17, 15) is 14.4 Å². The molecule has 0 saturated carbocycles. The van der Waals surface area contributed by atoms with Gasteiger partial charge >= 0.3 is 6.03 Å². The van der Waals surface area contributed by atoms with E-state index < -0.39 is 17.8 Å². The normalized spacial score (nSPS) is 15.6. The van der Waals surface area contributed by atoms with Crippen molar-refractivity contribution in [3.63, 3.8) is 0 Å².